The van der Waals surface area contributed by atoms with E-state index in [0.717, 1.165) is 11.4 Å². The maximum atomic E-state index is 11.8. The maximum Gasteiger partial charge on any atom is 0.319 e. The quantitative estimate of drug-likeness (QED) is 0.622. The molecule has 20 heavy (non-hydrogen) atoms. The fraction of sp³-hybridized carbons (Fsp3) is 0.538. The van der Waals surface area contributed by atoms with Gasteiger partial charge in [0.25, 0.3) is 5.78 Å². The summed E-state index contributed by atoms with van der Waals surface area (Å²) in [6.45, 7) is 8.00. The molecule has 0 aliphatic carbocycles. The van der Waals surface area contributed by atoms with E-state index in [1.54, 1.807) is 11.4 Å². The van der Waals surface area contributed by atoms with E-state index in [1.807, 2.05) is 26.8 Å². The standard InChI is InChI=1S/C13H18N4O2S/c1-5-10(11(18)19-6-2)20-13-15-12-14-8(3)7-9(4)17(12)16-13/h7,10H,5-6H2,1-4H3/t10-/m0/s1. The topological polar surface area (TPSA) is 69.4 Å². The number of thioether (sulfide) groups is 1. The number of hydrogen-bond acceptors (Lipinski definition) is 6. The zero-order valence-electron chi connectivity index (χ0n) is 12.1. The predicted octanol–water partition coefficient (Wildman–Crippen LogP) is 2.17. The first kappa shape index (κ1) is 14.8. The molecule has 0 fully saturated rings. The summed E-state index contributed by atoms with van der Waals surface area (Å²) in [7, 11) is 0. The first-order valence-corrected chi connectivity index (χ1v) is 7.47. The zero-order valence-corrected chi connectivity index (χ0v) is 12.9. The Morgan fingerprint density at radius 2 is 2.15 bits per heavy atom. The second-order valence-electron chi connectivity index (χ2n) is 4.41. The molecular formula is C13H18N4O2S. The number of carbonyl (C=O) groups is 1. The van der Waals surface area contributed by atoms with Gasteiger partial charge in [-0.15, -0.1) is 5.10 Å². The molecule has 0 aromatic carbocycles. The molecule has 0 aliphatic rings. The van der Waals surface area contributed by atoms with Crippen molar-refractivity contribution in [1.82, 2.24) is 19.6 Å². The minimum atomic E-state index is -0.284. The summed E-state index contributed by atoms with van der Waals surface area (Å²) >= 11 is 1.32. The van der Waals surface area contributed by atoms with Crippen LogP contribution in [-0.2, 0) is 9.53 Å². The smallest absolute Gasteiger partial charge is 0.319 e. The van der Waals surface area contributed by atoms with Crippen LogP contribution in [0.1, 0.15) is 31.7 Å². The third-order valence-electron chi connectivity index (χ3n) is 2.77. The number of nitrogens with zero attached hydrogens (tertiary/aromatic N) is 4. The molecule has 2 aromatic rings. The molecule has 0 amide bonds. The van der Waals surface area contributed by atoms with E-state index in [4.69, 9.17) is 4.74 Å². The fourth-order valence-electron chi connectivity index (χ4n) is 1.86. The highest BCUT2D eigenvalue weighted by Crippen LogP contribution is 2.24. The summed E-state index contributed by atoms with van der Waals surface area (Å²) in [6, 6.07) is 1.94. The largest absolute Gasteiger partial charge is 0.465 e. The molecule has 0 saturated heterocycles. The van der Waals surface area contributed by atoms with Crippen LogP contribution < -0.4 is 0 Å². The first-order chi connectivity index (χ1) is 9.55. The molecule has 2 rings (SSSR count). The van der Waals surface area contributed by atoms with Crippen molar-refractivity contribution in [3.63, 3.8) is 0 Å². The molecule has 0 N–H and O–H groups in total. The van der Waals surface area contributed by atoms with Crippen molar-refractivity contribution in [2.24, 2.45) is 0 Å². The van der Waals surface area contributed by atoms with Gasteiger partial charge in [-0.2, -0.15) is 4.98 Å². The molecule has 2 aromatic heterocycles. The summed E-state index contributed by atoms with van der Waals surface area (Å²) in [4.78, 5) is 20.5. The third-order valence-corrected chi connectivity index (χ3v) is 3.96. The van der Waals surface area contributed by atoms with E-state index in [-0.39, 0.29) is 11.2 Å². The molecule has 6 nitrogen and oxygen atoms in total. The summed E-state index contributed by atoms with van der Waals surface area (Å²) < 4.78 is 6.73. The Bertz CT molecular complexity index is 626. The van der Waals surface area contributed by atoms with Crippen LogP contribution in [0, 0.1) is 13.8 Å². The van der Waals surface area contributed by atoms with Crippen LogP contribution in [0.3, 0.4) is 0 Å². The average molecular weight is 294 g/mol. The number of esters is 1. The SMILES string of the molecule is CCOC(=O)[C@H](CC)Sc1nc2nc(C)cc(C)n2n1. The van der Waals surface area contributed by atoms with E-state index >= 15 is 0 Å². The van der Waals surface area contributed by atoms with E-state index in [1.165, 1.54) is 11.8 Å². The van der Waals surface area contributed by atoms with Gasteiger partial charge >= 0.3 is 5.97 Å². The van der Waals surface area contributed by atoms with Crippen molar-refractivity contribution in [3.8, 4) is 0 Å². The van der Waals surface area contributed by atoms with Gasteiger partial charge in [0.15, 0.2) is 0 Å². The van der Waals surface area contributed by atoms with Crippen LogP contribution in [0.15, 0.2) is 11.2 Å². The molecular weight excluding hydrogens is 276 g/mol. The van der Waals surface area contributed by atoms with Gasteiger partial charge in [-0.3, -0.25) is 4.79 Å². The maximum absolute atomic E-state index is 11.8. The third kappa shape index (κ3) is 3.09. The van der Waals surface area contributed by atoms with Gasteiger partial charge in [0.2, 0.25) is 5.16 Å². The summed E-state index contributed by atoms with van der Waals surface area (Å²) in [5, 5.41) is 4.65. The van der Waals surface area contributed by atoms with Gasteiger partial charge in [0, 0.05) is 11.4 Å². The number of hydrogen-bond donors (Lipinski definition) is 0. The Hall–Kier alpha value is -1.63. The molecule has 2 heterocycles. The lowest BCUT2D eigenvalue weighted by molar-refractivity contribution is -0.142. The Morgan fingerprint density at radius 1 is 1.40 bits per heavy atom. The lowest BCUT2D eigenvalue weighted by atomic mass is 10.3. The normalized spacial score (nSPS) is 12.6. The summed E-state index contributed by atoms with van der Waals surface area (Å²) in [5.41, 5.74) is 1.87. The van der Waals surface area contributed by atoms with Crippen molar-refractivity contribution in [2.45, 2.75) is 44.5 Å². The second-order valence-corrected chi connectivity index (χ2v) is 5.58. The van der Waals surface area contributed by atoms with E-state index < -0.39 is 0 Å². The average Bonchev–Trinajstić information content (AvgIpc) is 2.79. The molecule has 0 unspecified atom stereocenters. The van der Waals surface area contributed by atoms with Crippen molar-refractivity contribution in [3.05, 3.63) is 17.5 Å². The van der Waals surface area contributed by atoms with Crippen LogP contribution >= 0.6 is 11.8 Å². The van der Waals surface area contributed by atoms with Gasteiger partial charge in [-0.05, 0) is 33.3 Å². The number of rotatable bonds is 5. The zero-order chi connectivity index (χ0) is 14.7. The Labute approximate surface area is 121 Å². The highest BCUT2D eigenvalue weighted by atomic mass is 32.2. The van der Waals surface area contributed by atoms with Crippen molar-refractivity contribution >= 4 is 23.5 Å². The van der Waals surface area contributed by atoms with Crippen LogP contribution in [0.4, 0.5) is 0 Å². The Kier molecular flexibility index (Phi) is 4.59. The van der Waals surface area contributed by atoms with Crippen molar-refractivity contribution in [1.29, 1.82) is 0 Å². The molecule has 7 heteroatoms. The van der Waals surface area contributed by atoms with E-state index in [2.05, 4.69) is 15.1 Å². The minimum absolute atomic E-state index is 0.222. The van der Waals surface area contributed by atoms with Gasteiger partial charge < -0.3 is 4.74 Å². The van der Waals surface area contributed by atoms with E-state index in [9.17, 15) is 4.79 Å². The molecule has 0 radical (unpaired) electrons. The second kappa shape index (κ2) is 6.21. The van der Waals surface area contributed by atoms with Crippen LogP contribution in [0.5, 0.6) is 0 Å². The molecule has 0 bridgehead atoms. The molecule has 0 aliphatic heterocycles. The molecule has 0 saturated carbocycles. The minimum Gasteiger partial charge on any atom is -0.465 e. The Balaban J connectivity index is 2.25. The monoisotopic (exact) mass is 294 g/mol. The number of aromatic nitrogens is 4. The number of fused-ring (bicyclic) bond motifs is 1. The predicted molar refractivity (Wildman–Crippen MR) is 76.8 cm³/mol. The lowest BCUT2D eigenvalue weighted by Crippen LogP contribution is -2.19. The van der Waals surface area contributed by atoms with Crippen molar-refractivity contribution < 1.29 is 9.53 Å². The van der Waals surface area contributed by atoms with Crippen LogP contribution in [-0.4, -0.2) is 37.4 Å². The number of ether oxygens (including phenoxy) is 1. The summed E-state index contributed by atoms with van der Waals surface area (Å²) in [6.07, 6.45) is 0.671. The molecule has 1 atom stereocenters. The lowest BCUT2D eigenvalue weighted by Gasteiger charge is -2.10. The highest BCUT2D eigenvalue weighted by molar-refractivity contribution is 8.00. The Morgan fingerprint density at radius 3 is 2.80 bits per heavy atom. The fourth-order valence-corrected chi connectivity index (χ4v) is 2.71. The van der Waals surface area contributed by atoms with Crippen molar-refractivity contribution in [2.75, 3.05) is 6.61 Å². The summed E-state index contributed by atoms with van der Waals surface area (Å²) in [5.74, 6) is 0.337. The van der Waals surface area contributed by atoms with Gasteiger partial charge in [0.1, 0.15) is 5.25 Å². The van der Waals surface area contributed by atoms with Gasteiger partial charge in [0.05, 0.1) is 6.61 Å². The van der Waals surface area contributed by atoms with E-state index in [0.29, 0.717) is 24.0 Å². The van der Waals surface area contributed by atoms with Gasteiger partial charge in [-0.25, -0.2) is 9.50 Å². The number of aryl methyl sites for hydroxylation is 2. The number of carbonyl (C=O) groups excluding carboxylic acids is 1. The van der Waals surface area contributed by atoms with Crippen LogP contribution in [0.2, 0.25) is 0 Å². The molecule has 108 valence electrons. The highest BCUT2D eigenvalue weighted by Gasteiger charge is 2.21. The first-order valence-electron chi connectivity index (χ1n) is 6.59. The molecule has 0 spiro atoms. The van der Waals surface area contributed by atoms with Gasteiger partial charge in [-0.1, -0.05) is 18.7 Å². The van der Waals surface area contributed by atoms with Crippen LogP contribution in [0.25, 0.3) is 5.78 Å².